The van der Waals surface area contributed by atoms with Crippen molar-refractivity contribution in [1.82, 2.24) is 0 Å². The van der Waals surface area contributed by atoms with Gasteiger partial charge in [-0.05, 0) is 0 Å². The molecule has 0 saturated carbocycles. The number of benzene rings is 1. The molecule has 1 atom stereocenters. The van der Waals surface area contributed by atoms with Gasteiger partial charge in [-0.2, -0.15) is 0 Å². The Balaban J connectivity index is 2.25. The quantitative estimate of drug-likeness (QED) is 0.733. The summed E-state index contributed by atoms with van der Waals surface area (Å²) in [4.78, 5) is 0. The number of hydrogen-bond donors (Lipinski definition) is 1. The molecule has 0 saturated heterocycles. The van der Waals surface area contributed by atoms with E-state index >= 15 is 0 Å². The van der Waals surface area contributed by atoms with Crippen LogP contribution >= 0.6 is 20.8 Å². The van der Waals surface area contributed by atoms with E-state index in [9.17, 15) is 5.11 Å². The second kappa shape index (κ2) is 5.13. The molecule has 2 nitrogen and oxygen atoms in total. The summed E-state index contributed by atoms with van der Waals surface area (Å²) in [5.74, 6) is 1.39. The molecule has 21 heavy (non-hydrogen) atoms. The van der Waals surface area contributed by atoms with Gasteiger partial charge >= 0.3 is 137 Å². The summed E-state index contributed by atoms with van der Waals surface area (Å²) < 4.78 is 6.42. The number of aromatic hydroxyl groups is 1. The molecule has 0 radical (unpaired) electrons. The van der Waals surface area contributed by atoms with E-state index in [4.69, 9.17) is 4.74 Å². The maximum atomic E-state index is 9.97. The first-order chi connectivity index (χ1) is 9.36. The first kappa shape index (κ1) is 17.1. The van der Waals surface area contributed by atoms with E-state index in [2.05, 4.69) is 42.4 Å². The van der Waals surface area contributed by atoms with Crippen LogP contribution in [0.15, 0.2) is 6.07 Å². The third kappa shape index (κ3) is 4.13. The summed E-state index contributed by atoms with van der Waals surface area (Å²) in [5, 5.41) is 8.29. The number of fused-ring (bicyclic) bond motifs is 1. The van der Waals surface area contributed by atoms with Crippen molar-refractivity contribution in [2.75, 3.05) is 26.2 Å². The van der Waals surface area contributed by atoms with Gasteiger partial charge in [-0.1, -0.05) is 0 Å². The minimum atomic E-state index is -1.68. The number of aryl methyl sites for hydroxylation is 1. The van der Waals surface area contributed by atoms with Gasteiger partial charge in [0.2, 0.25) is 0 Å². The van der Waals surface area contributed by atoms with E-state index in [1.807, 2.05) is 19.9 Å². The van der Waals surface area contributed by atoms with Crippen molar-refractivity contribution in [3.63, 3.8) is 0 Å². The van der Waals surface area contributed by atoms with Gasteiger partial charge in [-0.3, -0.25) is 0 Å². The Morgan fingerprint density at radius 3 is 2.52 bits per heavy atom. The number of phenolic OH excluding ortho intramolecular Hbond substituents is 1. The molecule has 0 bridgehead atoms. The Morgan fingerprint density at radius 2 is 1.95 bits per heavy atom. The number of hydrogen-bond acceptors (Lipinski definition) is 2. The van der Waals surface area contributed by atoms with Crippen molar-refractivity contribution in [1.29, 1.82) is 0 Å². The second-order valence-corrected chi connectivity index (χ2v) is 22.3. The van der Waals surface area contributed by atoms with E-state index in [0.717, 1.165) is 36.1 Å². The van der Waals surface area contributed by atoms with Crippen LogP contribution in [0.4, 0.5) is 0 Å². The second-order valence-electron chi connectivity index (χ2n) is 8.09. The van der Waals surface area contributed by atoms with Gasteiger partial charge in [-0.15, -0.1) is 0 Å². The molecule has 120 valence electrons. The first-order valence-electron chi connectivity index (χ1n) is 7.60. The molecule has 0 amide bonds. The molecule has 1 aliphatic rings. The molecule has 1 aromatic rings. The van der Waals surface area contributed by atoms with Gasteiger partial charge in [-0.25, -0.2) is 0 Å². The summed E-state index contributed by atoms with van der Waals surface area (Å²) in [5.41, 5.74) is 3.10. The molecule has 0 aliphatic carbocycles. The van der Waals surface area contributed by atoms with Crippen molar-refractivity contribution in [2.45, 2.75) is 45.6 Å². The molecular weight excluding hydrogens is 347 g/mol. The first-order valence-corrected chi connectivity index (χ1v) is 13.4. The number of halogens is 1. The molecule has 4 heteroatoms. The molecule has 1 N–H and O–H groups in total. The molecular formula is C17H28BrO2P. The van der Waals surface area contributed by atoms with E-state index < -0.39 is 5.31 Å². The molecule has 1 aliphatic heterocycles. The monoisotopic (exact) mass is 374 g/mol. The number of rotatable bonds is 3. The molecule has 0 aromatic heterocycles. The van der Waals surface area contributed by atoms with Crippen molar-refractivity contribution in [3.8, 4) is 11.5 Å². The van der Waals surface area contributed by atoms with Crippen molar-refractivity contribution >= 4 is 20.8 Å². The Bertz CT molecular complexity index is 565. The fourth-order valence-electron chi connectivity index (χ4n) is 2.86. The average Bonchev–Trinajstić information content (AvgIpc) is 2.33. The summed E-state index contributed by atoms with van der Waals surface area (Å²) >= 11 is 3.94. The fraction of sp³-hybridized carbons (Fsp3) is 0.647. The Hall–Kier alpha value is -0.270. The zero-order chi connectivity index (χ0) is 16.1. The van der Waals surface area contributed by atoms with Crippen LogP contribution in [0.3, 0.4) is 0 Å². The average molecular weight is 375 g/mol. The fourth-order valence-corrected chi connectivity index (χ4v) is 4.62. The van der Waals surface area contributed by atoms with Crippen LogP contribution in [0.25, 0.3) is 0 Å². The van der Waals surface area contributed by atoms with Gasteiger partial charge in [0.25, 0.3) is 0 Å². The van der Waals surface area contributed by atoms with Crippen LogP contribution in [0, 0.1) is 13.8 Å². The van der Waals surface area contributed by atoms with Crippen LogP contribution in [0.5, 0.6) is 11.5 Å². The number of ether oxygens (including phenoxy) is 1. The van der Waals surface area contributed by atoms with Gasteiger partial charge in [0.05, 0.1) is 0 Å². The van der Waals surface area contributed by atoms with Crippen LogP contribution in [-0.4, -0.2) is 36.9 Å². The van der Waals surface area contributed by atoms with Crippen molar-refractivity contribution < 1.29 is 9.84 Å². The van der Waals surface area contributed by atoms with Crippen molar-refractivity contribution in [3.05, 3.63) is 22.8 Å². The van der Waals surface area contributed by atoms with Gasteiger partial charge in [0.15, 0.2) is 0 Å². The number of phenols is 1. The zero-order valence-corrected chi connectivity index (χ0v) is 16.6. The molecule has 1 aromatic carbocycles. The summed E-state index contributed by atoms with van der Waals surface area (Å²) in [6.07, 6.45) is 4.25. The predicted octanol–water partition coefficient (Wildman–Crippen LogP) is 5.24. The van der Waals surface area contributed by atoms with E-state index in [0.29, 0.717) is 5.75 Å². The summed E-state index contributed by atoms with van der Waals surface area (Å²) in [6, 6.07) is 1.82. The van der Waals surface area contributed by atoms with Crippen LogP contribution in [0.1, 0.15) is 36.5 Å². The van der Waals surface area contributed by atoms with Crippen LogP contribution in [0.2, 0.25) is 0 Å². The van der Waals surface area contributed by atoms with Gasteiger partial charge in [0, 0.05) is 0 Å². The Kier molecular flexibility index (Phi) is 4.18. The summed E-state index contributed by atoms with van der Waals surface area (Å²) in [6.45, 7) is 13.3. The molecule has 2 rings (SSSR count). The van der Waals surface area contributed by atoms with E-state index in [1.54, 1.807) is 0 Å². The van der Waals surface area contributed by atoms with E-state index in [-0.39, 0.29) is 5.60 Å². The van der Waals surface area contributed by atoms with Gasteiger partial charge in [0.1, 0.15) is 0 Å². The van der Waals surface area contributed by atoms with Crippen LogP contribution < -0.4 is 4.74 Å². The maximum absolute atomic E-state index is 9.97. The van der Waals surface area contributed by atoms with Crippen LogP contribution in [-0.2, 0) is 6.42 Å². The Labute approximate surface area is 136 Å². The third-order valence-corrected chi connectivity index (χ3v) is 7.27. The normalized spacial score (nSPS) is 23.9. The van der Waals surface area contributed by atoms with Crippen molar-refractivity contribution in [2.24, 2.45) is 0 Å². The standard InChI is InChI=1S/C17H28BrO2P/c1-12-11-15(19)13(2)14-7-8-17(3,20-16(12)14)9-10-21(4,5,6)18/h11,19H,7-10H2,1-6H3. The predicted molar refractivity (Wildman–Crippen MR) is 98.0 cm³/mol. The van der Waals surface area contributed by atoms with Gasteiger partial charge < -0.3 is 0 Å². The SMILES string of the molecule is Cc1cc(O)c(C)c2c1OC(C)(CCP(C)(C)(C)Br)CC2. The molecule has 1 heterocycles. The topological polar surface area (TPSA) is 29.5 Å². The molecule has 0 spiro atoms. The molecule has 0 fully saturated rings. The molecule has 1 unspecified atom stereocenters. The third-order valence-electron chi connectivity index (χ3n) is 4.47. The van der Waals surface area contributed by atoms with E-state index in [1.165, 1.54) is 11.7 Å². The Morgan fingerprint density at radius 1 is 1.33 bits per heavy atom. The zero-order valence-electron chi connectivity index (χ0n) is 14.1. The summed E-state index contributed by atoms with van der Waals surface area (Å²) in [7, 11) is 0. The minimum absolute atomic E-state index is 0.0971.